The highest BCUT2D eigenvalue weighted by Gasteiger charge is 2.09. The normalized spacial score (nSPS) is 11.7. The van der Waals surface area contributed by atoms with Gasteiger partial charge in [-0.15, -0.1) is 0 Å². The molecule has 1 aromatic carbocycles. The zero-order valence-electron chi connectivity index (χ0n) is 14.0. The molecule has 0 radical (unpaired) electrons. The number of urea groups is 1. The Kier molecular flexibility index (Phi) is 8.69. The van der Waals surface area contributed by atoms with E-state index < -0.39 is 0 Å². The second kappa shape index (κ2) is 10.3. The molecule has 5 nitrogen and oxygen atoms in total. The predicted octanol–water partition coefficient (Wildman–Crippen LogP) is 3.96. The van der Waals surface area contributed by atoms with E-state index in [0.717, 1.165) is 35.0 Å². The summed E-state index contributed by atoms with van der Waals surface area (Å²) in [6, 6.07) is 5.41. The van der Waals surface area contributed by atoms with Gasteiger partial charge in [-0.25, -0.2) is 4.79 Å². The van der Waals surface area contributed by atoms with E-state index in [9.17, 15) is 9.59 Å². The van der Waals surface area contributed by atoms with Crippen LogP contribution in [0.3, 0.4) is 0 Å². The van der Waals surface area contributed by atoms with Gasteiger partial charge in [0.1, 0.15) is 0 Å². The first kappa shape index (κ1) is 19.5. The summed E-state index contributed by atoms with van der Waals surface area (Å²) in [5.74, 6) is -0.246. The molecule has 0 bridgehead atoms. The highest BCUT2D eigenvalue weighted by molar-refractivity contribution is 9.10. The molecule has 0 aliphatic rings. The number of carbonyl (C=O) groups is 2. The van der Waals surface area contributed by atoms with Gasteiger partial charge in [0.2, 0.25) is 5.91 Å². The van der Waals surface area contributed by atoms with Crippen LogP contribution in [0.2, 0.25) is 0 Å². The monoisotopic (exact) mass is 383 g/mol. The Hall–Kier alpha value is -1.56. The highest BCUT2D eigenvalue weighted by atomic mass is 79.9. The average Bonchev–Trinajstić information content (AvgIpc) is 2.48. The van der Waals surface area contributed by atoms with E-state index in [4.69, 9.17) is 0 Å². The molecule has 0 saturated heterocycles. The van der Waals surface area contributed by atoms with E-state index in [0.29, 0.717) is 0 Å². The van der Waals surface area contributed by atoms with Gasteiger partial charge in [-0.3, -0.25) is 4.79 Å². The van der Waals surface area contributed by atoms with Crippen molar-refractivity contribution in [3.8, 4) is 0 Å². The number of hydrogen-bond donors (Lipinski definition) is 3. The number of hydrogen-bond acceptors (Lipinski definition) is 2. The van der Waals surface area contributed by atoms with Crippen molar-refractivity contribution in [2.75, 3.05) is 11.9 Å². The van der Waals surface area contributed by atoms with Crippen molar-refractivity contribution < 1.29 is 9.59 Å². The van der Waals surface area contributed by atoms with Crippen LogP contribution in [0.4, 0.5) is 10.5 Å². The first-order valence-electron chi connectivity index (χ1n) is 8.02. The van der Waals surface area contributed by atoms with E-state index in [1.165, 1.54) is 6.42 Å². The maximum atomic E-state index is 11.9. The predicted molar refractivity (Wildman–Crippen MR) is 97.6 cm³/mol. The minimum atomic E-state index is -0.309. The molecule has 23 heavy (non-hydrogen) atoms. The second-order valence-electron chi connectivity index (χ2n) is 5.73. The summed E-state index contributed by atoms with van der Waals surface area (Å²) < 4.78 is 0.961. The smallest absolute Gasteiger partial charge is 0.315 e. The third-order valence-corrected chi connectivity index (χ3v) is 3.98. The van der Waals surface area contributed by atoms with Crippen LogP contribution < -0.4 is 16.0 Å². The lowest BCUT2D eigenvalue weighted by atomic mass is 10.1. The lowest BCUT2D eigenvalue weighted by Gasteiger charge is -2.14. The lowest BCUT2D eigenvalue weighted by Crippen LogP contribution is -2.43. The van der Waals surface area contributed by atoms with Gasteiger partial charge in [0.05, 0.1) is 6.54 Å². The summed E-state index contributed by atoms with van der Waals surface area (Å²) in [5, 5.41) is 8.21. The van der Waals surface area contributed by atoms with Crippen LogP contribution in [0.5, 0.6) is 0 Å². The number of nitrogens with one attached hydrogen (secondary N) is 3. The van der Waals surface area contributed by atoms with E-state index in [1.54, 1.807) is 0 Å². The van der Waals surface area contributed by atoms with Crippen LogP contribution in [0.15, 0.2) is 22.7 Å². The van der Waals surface area contributed by atoms with Crippen molar-refractivity contribution in [2.45, 2.75) is 52.5 Å². The Morgan fingerprint density at radius 1 is 1.26 bits per heavy atom. The Morgan fingerprint density at radius 3 is 2.65 bits per heavy atom. The summed E-state index contributed by atoms with van der Waals surface area (Å²) in [4.78, 5) is 23.6. The van der Waals surface area contributed by atoms with Gasteiger partial charge in [-0.2, -0.15) is 0 Å². The molecule has 3 amide bonds. The average molecular weight is 384 g/mol. The fourth-order valence-corrected chi connectivity index (χ4v) is 2.65. The Balaban J connectivity index is 2.31. The van der Waals surface area contributed by atoms with Crippen LogP contribution >= 0.6 is 15.9 Å². The van der Waals surface area contributed by atoms with E-state index >= 15 is 0 Å². The van der Waals surface area contributed by atoms with E-state index in [-0.39, 0.29) is 24.5 Å². The van der Waals surface area contributed by atoms with Crippen molar-refractivity contribution in [1.29, 1.82) is 0 Å². The van der Waals surface area contributed by atoms with E-state index in [2.05, 4.69) is 38.8 Å². The molecule has 1 aromatic rings. The molecule has 0 aromatic heterocycles. The van der Waals surface area contributed by atoms with Gasteiger partial charge in [0, 0.05) is 16.2 Å². The first-order chi connectivity index (χ1) is 10.9. The minimum Gasteiger partial charge on any atom is -0.336 e. The summed E-state index contributed by atoms with van der Waals surface area (Å²) in [5.41, 5.74) is 1.70. The summed E-state index contributed by atoms with van der Waals surface area (Å²) in [6.45, 7) is 5.98. The van der Waals surface area contributed by atoms with Gasteiger partial charge in [0.15, 0.2) is 0 Å². The number of rotatable bonds is 8. The molecule has 0 aliphatic carbocycles. The zero-order chi connectivity index (χ0) is 17.2. The topological polar surface area (TPSA) is 70.2 Å². The lowest BCUT2D eigenvalue weighted by molar-refractivity contribution is -0.115. The molecule has 6 heteroatoms. The van der Waals surface area contributed by atoms with Crippen LogP contribution in [0.25, 0.3) is 0 Å². The molecule has 0 fully saturated rings. The maximum absolute atomic E-state index is 11.9. The Bertz CT molecular complexity index is 535. The molecule has 0 aliphatic heterocycles. The molecule has 1 rings (SSSR count). The number of unbranched alkanes of at least 4 members (excludes halogenated alkanes) is 2. The fraction of sp³-hybridized carbons (Fsp3) is 0.529. The van der Waals surface area contributed by atoms with Crippen molar-refractivity contribution in [1.82, 2.24) is 10.6 Å². The molecule has 128 valence electrons. The van der Waals surface area contributed by atoms with Crippen molar-refractivity contribution >= 4 is 33.6 Å². The number of benzene rings is 1. The van der Waals surface area contributed by atoms with Crippen LogP contribution in [-0.2, 0) is 4.79 Å². The van der Waals surface area contributed by atoms with Gasteiger partial charge in [-0.05, 0) is 44.0 Å². The van der Waals surface area contributed by atoms with Crippen LogP contribution in [0, 0.1) is 6.92 Å². The first-order valence-corrected chi connectivity index (χ1v) is 8.82. The van der Waals surface area contributed by atoms with Gasteiger partial charge in [0.25, 0.3) is 0 Å². The Morgan fingerprint density at radius 2 is 2.00 bits per heavy atom. The number of carbonyl (C=O) groups excluding carboxylic acids is 2. The van der Waals surface area contributed by atoms with Crippen molar-refractivity contribution in [2.24, 2.45) is 0 Å². The van der Waals surface area contributed by atoms with Gasteiger partial charge >= 0.3 is 6.03 Å². The second-order valence-corrected chi connectivity index (χ2v) is 6.65. The molecule has 0 saturated carbocycles. The van der Waals surface area contributed by atoms with Crippen molar-refractivity contribution in [3.63, 3.8) is 0 Å². The maximum Gasteiger partial charge on any atom is 0.315 e. The largest absolute Gasteiger partial charge is 0.336 e. The number of aryl methyl sites for hydroxylation is 1. The molecule has 0 spiro atoms. The van der Waals surface area contributed by atoms with Gasteiger partial charge in [-0.1, -0.05) is 42.1 Å². The standard InChI is InChI=1S/C17H26BrN3O2/c1-4-5-6-7-13(3)20-17(23)19-11-16(22)21-15-9-8-14(18)10-12(15)2/h8-10,13H,4-7,11H2,1-3H3,(H,21,22)(H2,19,20,23). The summed E-state index contributed by atoms with van der Waals surface area (Å²) in [7, 11) is 0. The third kappa shape index (κ3) is 8.02. The molecular weight excluding hydrogens is 358 g/mol. The number of halogens is 1. The molecule has 0 heterocycles. The van der Waals surface area contributed by atoms with Crippen LogP contribution in [0.1, 0.15) is 45.1 Å². The molecule has 1 atom stereocenters. The van der Waals surface area contributed by atoms with E-state index in [1.807, 2.05) is 32.0 Å². The van der Waals surface area contributed by atoms with Crippen LogP contribution in [-0.4, -0.2) is 24.5 Å². The zero-order valence-corrected chi connectivity index (χ0v) is 15.6. The Labute approximate surface area is 146 Å². The molecule has 1 unspecified atom stereocenters. The van der Waals surface area contributed by atoms with Crippen molar-refractivity contribution in [3.05, 3.63) is 28.2 Å². The molecular formula is C17H26BrN3O2. The summed E-state index contributed by atoms with van der Waals surface area (Å²) >= 11 is 3.38. The number of amides is 3. The highest BCUT2D eigenvalue weighted by Crippen LogP contribution is 2.19. The SMILES string of the molecule is CCCCCC(C)NC(=O)NCC(=O)Nc1ccc(Br)cc1C. The quantitative estimate of drug-likeness (QED) is 0.594. The minimum absolute atomic E-state index is 0.0526. The fourth-order valence-electron chi connectivity index (χ4n) is 2.17. The summed E-state index contributed by atoms with van der Waals surface area (Å²) in [6.07, 6.45) is 4.38. The molecule has 3 N–H and O–H groups in total. The number of anilines is 1. The van der Waals surface area contributed by atoms with Gasteiger partial charge < -0.3 is 16.0 Å². The third-order valence-electron chi connectivity index (χ3n) is 3.49.